The Labute approximate surface area is 144 Å². The van der Waals surface area contributed by atoms with E-state index < -0.39 is 0 Å². The van der Waals surface area contributed by atoms with Crippen LogP contribution < -0.4 is 0 Å². The van der Waals surface area contributed by atoms with Crippen LogP contribution in [0.4, 0.5) is 0 Å². The molecule has 0 saturated heterocycles. The predicted molar refractivity (Wildman–Crippen MR) is 98.3 cm³/mol. The minimum atomic E-state index is 1.17. The Morgan fingerprint density at radius 3 is 1.71 bits per heavy atom. The van der Waals surface area contributed by atoms with Gasteiger partial charge in [-0.05, 0) is 0 Å². The van der Waals surface area contributed by atoms with Gasteiger partial charge in [0.1, 0.15) is 0 Å². The third kappa shape index (κ3) is 15.0. The molecular formula is C19H38LiN. The summed E-state index contributed by atoms with van der Waals surface area (Å²) < 4.78 is 0. The fourth-order valence-corrected chi connectivity index (χ4v) is 2.60. The fourth-order valence-electron chi connectivity index (χ4n) is 2.60. The first-order chi connectivity index (χ1) is 10.2. The van der Waals surface area contributed by atoms with Crippen LogP contribution in [0.1, 0.15) is 85.0 Å². The van der Waals surface area contributed by atoms with Crippen LogP contribution in [0.2, 0.25) is 5.09 Å². The van der Waals surface area contributed by atoms with Gasteiger partial charge in [-0.25, -0.2) is 0 Å². The number of unbranched alkanes of at least 4 members (excludes halogenated alkanes) is 8. The first-order valence-corrected chi connectivity index (χ1v) is 9.62. The molecule has 0 aromatic heterocycles. The van der Waals surface area contributed by atoms with Crippen molar-refractivity contribution in [3.05, 3.63) is 11.6 Å². The van der Waals surface area contributed by atoms with Gasteiger partial charge < -0.3 is 0 Å². The van der Waals surface area contributed by atoms with E-state index in [-0.39, 0.29) is 0 Å². The molecule has 0 radical (unpaired) electrons. The molecule has 0 heterocycles. The molecule has 120 valence electrons. The van der Waals surface area contributed by atoms with Gasteiger partial charge in [0, 0.05) is 0 Å². The summed E-state index contributed by atoms with van der Waals surface area (Å²) in [5, 5.41) is 1.20. The van der Waals surface area contributed by atoms with E-state index in [1.807, 2.05) is 0 Å². The number of allylic oxidation sites excluding steroid dienone is 1. The van der Waals surface area contributed by atoms with Crippen molar-refractivity contribution in [2.45, 2.75) is 90.1 Å². The molecule has 0 unspecified atom stereocenters. The zero-order valence-electron chi connectivity index (χ0n) is 15.4. The van der Waals surface area contributed by atoms with Crippen molar-refractivity contribution in [3.8, 4) is 0 Å². The SMILES string of the molecule is [Li][CH2]/C(C)=C/CN(CCCCCCC)CCCCCCC. The number of nitrogens with zero attached hydrogens (tertiary/aromatic N) is 1. The van der Waals surface area contributed by atoms with Gasteiger partial charge in [0.15, 0.2) is 0 Å². The summed E-state index contributed by atoms with van der Waals surface area (Å²) in [6.07, 6.45) is 16.4. The molecule has 0 rings (SSSR count). The second kappa shape index (κ2) is 16.7. The second-order valence-electron chi connectivity index (χ2n) is 6.53. The average Bonchev–Trinajstić information content (AvgIpc) is 2.50. The molecule has 0 atom stereocenters. The van der Waals surface area contributed by atoms with E-state index in [0.29, 0.717) is 0 Å². The van der Waals surface area contributed by atoms with Crippen molar-refractivity contribution in [2.75, 3.05) is 19.6 Å². The molecule has 0 aliphatic rings. The number of rotatable bonds is 15. The van der Waals surface area contributed by atoms with Gasteiger partial charge in [-0.2, -0.15) is 0 Å². The molecule has 0 aromatic rings. The Balaban J connectivity index is 3.91. The number of hydrogen-bond acceptors (Lipinski definition) is 1. The van der Waals surface area contributed by atoms with E-state index >= 15 is 0 Å². The Hall–Kier alpha value is 0.297. The van der Waals surface area contributed by atoms with Crippen LogP contribution in [0.15, 0.2) is 11.6 Å². The molecule has 0 aromatic carbocycles. The minimum absolute atomic E-state index is 1.17. The summed E-state index contributed by atoms with van der Waals surface area (Å²) >= 11 is 2.26. The summed E-state index contributed by atoms with van der Waals surface area (Å²) in [6, 6.07) is 0. The summed E-state index contributed by atoms with van der Waals surface area (Å²) in [5.74, 6) is 0. The Bertz CT molecular complexity index is 224. The molecule has 2 heteroatoms. The molecule has 0 amide bonds. The standard InChI is InChI=1S/C19H38N.Li/c1-5-7-9-11-13-16-20(18-15-19(3)4)17-14-12-10-8-6-2;/h15H,3,5-14,16-18H2,1-2,4H3;/b19-15-;. The second-order valence-corrected chi connectivity index (χ2v) is 6.53. The Morgan fingerprint density at radius 2 is 1.29 bits per heavy atom. The quantitative estimate of drug-likeness (QED) is 0.210. The molecule has 0 bridgehead atoms. The van der Waals surface area contributed by atoms with E-state index in [4.69, 9.17) is 0 Å². The zero-order chi connectivity index (χ0) is 15.8. The molecule has 1 nitrogen and oxygen atoms in total. The fraction of sp³-hybridized carbons (Fsp3) is 0.895. The summed E-state index contributed by atoms with van der Waals surface area (Å²) in [4.78, 5) is 2.68. The molecule has 21 heavy (non-hydrogen) atoms. The van der Waals surface area contributed by atoms with Crippen molar-refractivity contribution < 1.29 is 0 Å². The van der Waals surface area contributed by atoms with Crippen LogP contribution in [0, 0.1) is 0 Å². The topological polar surface area (TPSA) is 3.24 Å². The van der Waals surface area contributed by atoms with Gasteiger partial charge in [0.25, 0.3) is 0 Å². The summed E-state index contributed by atoms with van der Waals surface area (Å²) in [5.41, 5.74) is 1.54. The van der Waals surface area contributed by atoms with E-state index in [0.717, 1.165) is 0 Å². The summed E-state index contributed by atoms with van der Waals surface area (Å²) in [7, 11) is 0. The monoisotopic (exact) mass is 287 g/mol. The van der Waals surface area contributed by atoms with Crippen molar-refractivity contribution in [2.24, 2.45) is 0 Å². The Kier molecular flexibility index (Phi) is 16.9. The van der Waals surface area contributed by atoms with Crippen molar-refractivity contribution >= 4 is 17.7 Å². The van der Waals surface area contributed by atoms with Crippen LogP contribution in [0.25, 0.3) is 0 Å². The van der Waals surface area contributed by atoms with Gasteiger partial charge in [-0.15, -0.1) is 0 Å². The predicted octanol–water partition coefficient (Wildman–Crippen LogP) is 5.76. The normalized spacial score (nSPS) is 12.4. The van der Waals surface area contributed by atoms with E-state index in [1.54, 1.807) is 0 Å². The Morgan fingerprint density at radius 1 is 0.810 bits per heavy atom. The molecule has 0 fully saturated rings. The van der Waals surface area contributed by atoms with Gasteiger partial charge in [-0.3, -0.25) is 0 Å². The van der Waals surface area contributed by atoms with E-state index in [1.165, 1.54) is 94.5 Å². The van der Waals surface area contributed by atoms with Crippen molar-refractivity contribution in [1.29, 1.82) is 0 Å². The van der Waals surface area contributed by atoms with Gasteiger partial charge in [0.2, 0.25) is 0 Å². The van der Waals surface area contributed by atoms with Crippen LogP contribution in [0.3, 0.4) is 0 Å². The molecule has 0 N–H and O–H groups in total. The van der Waals surface area contributed by atoms with Gasteiger partial charge in [-0.1, -0.05) is 0 Å². The third-order valence-electron chi connectivity index (χ3n) is 4.41. The molecule has 0 aliphatic carbocycles. The van der Waals surface area contributed by atoms with E-state index in [9.17, 15) is 0 Å². The van der Waals surface area contributed by atoms with E-state index in [2.05, 4.69) is 49.5 Å². The maximum absolute atomic E-state index is 2.68. The first kappa shape index (κ1) is 21.3. The molecule has 0 saturated carbocycles. The first-order valence-electron chi connectivity index (χ1n) is 9.62. The van der Waals surface area contributed by atoms with Crippen LogP contribution >= 0.6 is 0 Å². The van der Waals surface area contributed by atoms with Crippen LogP contribution in [0.5, 0.6) is 0 Å². The van der Waals surface area contributed by atoms with Gasteiger partial charge in [0.05, 0.1) is 0 Å². The molecule has 0 spiro atoms. The number of hydrogen-bond donors (Lipinski definition) is 0. The third-order valence-corrected chi connectivity index (χ3v) is 4.41. The molecular weight excluding hydrogens is 249 g/mol. The van der Waals surface area contributed by atoms with Crippen molar-refractivity contribution in [1.82, 2.24) is 4.90 Å². The molecule has 0 aliphatic heterocycles. The maximum atomic E-state index is 2.68. The van der Waals surface area contributed by atoms with Crippen LogP contribution in [-0.4, -0.2) is 42.2 Å². The zero-order valence-corrected chi connectivity index (χ0v) is 15.4. The average molecular weight is 287 g/mol. The van der Waals surface area contributed by atoms with Gasteiger partial charge >= 0.3 is 144 Å². The van der Waals surface area contributed by atoms with Crippen LogP contribution in [-0.2, 0) is 0 Å². The van der Waals surface area contributed by atoms with Crippen molar-refractivity contribution in [3.63, 3.8) is 0 Å². The summed E-state index contributed by atoms with van der Waals surface area (Å²) in [6.45, 7) is 10.6.